The first-order valence-corrected chi connectivity index (χ1v) is 4.10. The number of rotatable bonds is 7. The minimum absolute atomic E-state index is 0.452. The molecule has 0 rings (SSSR count). The molecule has 0 saturated carbocycles. The Bertz CT molecular complexity index is 247. The molecule has 0 aromatic heterocycles. The SMILES string of the molecule is CC(OC(=O)CO)C(=O)COCC(=O)O. The molecule has 0 aliphatic carbocycles. The zero-order chi connectivity index (χ0) is 11.8. The molecule has 0 saturated heterocycles. The van der Waals surface area contributed by atoms with Crippen LogP contribution in [0.3, 0.4) is 0 Å². The quantitative estimate of drug-likeness (QED) is 0.506. The van der Waals surface area contributed by atoms with Gasteiger partial charge in [0.25, 0.3) is 0 Å². The fourth-order valence-corrected chi connectivity index (χ4v) is 0.656. The highest BCUT2D eigenvalue weighted by atomic mass is 16.6. The first-order chi connectivity index (χ1) is 6.97. The van der Waals surface area contributed by atoms with Gasteiger partial charge in [-0.05, 0) is 6.92 Å². The van der Waals surface area contributed by atoms with Crippen molar-refractivity contribution in [3.8, 4) is 0 Å². The molecular weight excluding hydrogens is 208 g/mol. The Balaban J connectivity index is 3.79. The van der Waals surface area contributed by atoms with Gasteiger partial charge in [0.2, 0.25) is 0 Å². The summed E-state index contributed by atoms with van der Waals surface area (Å²) in [5.74, 6) is -2.69. The summed E-state index contributed by atoms with van der Waals surface area (Å²) in [7, 11) is 0. The van der Waals surface area contributed by atoms with Crippen LogP contribution in [0.15, 0.2) is 0 Å². The summed E-state index contributed by atoms with van der Waals surface area (Å²) in [6, 6.07) is 0. The van der Waals surface area contributed by atoms with E-state index in [1.54, 1.807) is 0 Å². The van der Waals surface area contributed by atoms with E-state index >= 15 is 0 Å². The van der Waals surface area contributed by atoms with Crippen LogP contribution in [0.2, 0.25) is 0 Å². The zero-order valence-corrected chi connectivity index (χ0v) is 8.13. The summed E-state index contributed by atoms with van der Waals surface area (Å²) < 4.78 is 8.94. The number of carboxylic acids is 1. The number of carbonyl (C=O) groups excluding carboxylic acids is 2. The van der Waals surface area contributed by atoms with Crippen molar-refractivity contribution in [1.82, 2.24) is 0 Å². The second-order valence-corrected chi connectivity index (χ2v) is 2.64. The number of aliphatic hydroxyl groups excluding tert-OH is 1. The normalized spacial score (nSPS) is 11.9. The van der Waals surface area contributed by atoms with Gasteiger partial charge >= 0.3 is 11.9 Å². The third kappa shape index (κ3) is 6.58. The smallest absolute Gasteiger partial charge is 0.332 e. The minimum Gasteiger partial charge on any atom is -0.480 e. The lowest BCUT2D eigenvalue weighted by Gasteiger charge is -2.10. The van der Waals surface area contributed by atoms with Crippen molar-refractivity contribution in [3.63, 3.8) is 0 Å². The van der Waals surface area contributed by atoms with Gasteiger partial charge in [0.05, 0.1) is 0 Å². The zero-order valence-electron chi connectivity index (χ0n) is 8.13. The van der Waals surface area contributed by atoms with Crippen LogP contribution in [0, 0.1) is 0 Å². The van der Waals surface area contributed by atoms with Gasteiger partial charge in [0.15, 0.2) is 11.9 Å². The number of ketones is 1. The van der Waals surface area contributed by atoms with Crippen molar-refractivity contribution >= 4 is 17.7 Å². The van der Waals surface area contributed by atoms with Crippen molar-refractivity contribution in [2.45, 2.75) is 13.0 Å². The Labute approximate surface area is 85.6 Å². The molecule has 0 aliphatic heterocycles. The first kappa shape index (κ1) is 13.5. The van der Waals surface area contributed by atoms with Crippen LogP contribution in [-0.4, -0.2) is 53.9 Å². The van der Waals surface area contributed by atoms with Crippen LogP contribution in [0.4, 0.5) is 0 Å². The molecule has 0 bridgehead atoms. The molecule has 7 nitrogen and oxygen atoms in total. The topological polar surface area (TPSA) is 110 Å². The van der Waals surface area contributed by atoms with Crippen molar-refractivity contribution < 1.29 is 34.1 Å². The van der Waals surface area contributed by atoms with Crippen molar-refractivity contribution in [3.05, 3.63) is 0 Å². The number of hydrogen-bond donors (Lipinski definition) is 2. The maximum absolute atomic E-state index is 11.1. The molecule has 1 unspecified atom stereocenters. The summed E-state index contributed by atoms with van der Waals surface area (Å²) in [4.78, 5) is 31.7. The van der Waals surface area contributed by atoms with E-state index in [1.165, 1.54) is 6.92 Å². The standard InChI is InChI=1S/C8H12O7/c1-5(15-8(13)2-9)6(10)3-14-4-7(11)12/h5,9H,2-4H2,1H3,(H,11,12). The van der Waals surface area contributed by atoms with Crippen LogP contribution < -0.4 is 0 Å². The molecule has 0 heterocycles. The monoisotopic (exact) mass is 220 g/mol. The van der Waals surface area contributed by atoms with Gasteiger partial charge in [-0.25, -0.2) is 9.59 Å². The molecule has 1 atom stereocenters. The van der Waals surface area contributed by atoms with E-state index in [4.69, 9.17) is 10.2 Å². The van der Waals surface area contributed by atoms with Gasteiger partial charge in [-0.15, -0.1) is 0 Å². The number of carboxylic acid groups (broad SMARTS) is 1. The molecule has 0 aliphatic rings. The van der Waals surface area contributed by atoms with Crippen molar-refractivity contribution in [1.29, 1.82) is 0 Å². The number of esters is 1. The minimum atomic E-state index is -1.19. The van der Waals surface area contributed by atoms with Gasteiger partial charge in [-0.3, -0.25) is 4.79 Å². The number of carbonyl (C=O) groups is 3. The number of hydrogen-bond acceptors (Lipinski definition) is 6. The first-order valence-electron chi connectivity index (χ1n) is 4.10. The Kier molecular flexibility index (Phi) is 6.23. The highest BCUT2D eigenvalue weighted by Crippen LogP contribution is 1.94. The van der Waals surface area contributed by atoms with Crippen LogP contribution in [0.25, 0.3) is 0 Å². The lowest BCUT2D eigenvalue weighted by atomic mass is 10.3. The summed E-state index contributed by atoms with van der Waals surface area (Å²) in [6.07, 6.45) is -1.06. The molecule has 0 aromatic carbocycles. The van der Waals surface area contributed by atoms with Crippen molar-refractivity contribution in [2.75, 3.05) is 19.8 Å². The van der Waals surface area contributed by atoms with Gasteiger partial charge in [-0.2, -0.15) is 0 Å². The largest absolute Gasteiger partial charge is 0.480 e. The van der Waals surface area contributed by atoms with Gasteiger partial charge in [0.1, 0.15) is 19.8 Å². The molecule has 86 valence electrons. The summed E-state index contributed by atoms with van der Waals surface area (Å²) in [5, 5.41) is 16.5. The Morgan fingerprint density at radius 3 is 2.33 bits per heavy atom. The lowest BCUT2D eigenvalue weighted by molar-refractivity contribution is -0.158. The maximum Gasteiger partial charge on any atom is 0.332 e. The fourth-order valence-electron chi connectivity index (χ4n) is 0.656. The van der Waals surface area contributed by atoms with Gasteiger partial charge in [-0.1, -0.05) is 0 Å². The number of aliphatic hydroxyl groups is 1. The molecule has 7 heteroatoms. The van der Waals surface area contributed by atoms with E-state index in [9.17, 15) is 14.4 Å². The Morgan fingerprint density at radius 2 is 1.87 bits per heavy atom. The van der Waals surface area contributed by atoms with Crippen LogP contribution in [-0.2, 0) is 23.9 Å². The van der Waals surface area contributed by atoms with E-state index in [2.05, 4.69) is 9.47 Å². The molecular formula is C8H12O7. The third-order valence-corrected chi connectivity index (χ3v) is 1.36. The van der Waals surface area contributed by atoms with E-state index in [0.717, 1.165) is 0 Å². The lowest BCUT2D eigenvalue weighted by Crippen LogP contribution is -2.29. The van der Waals surface area contributed by atoms with Gasteiger partial charge < -0.3 is 19.7 Å². The Hall–Kier alpha value is -1.47. The summed E-state index contributed by atoms with van der Waals surface area (Å²) in [6.45, 7) is -0.549. The molecule has 0 aromatic rings. The average molecular weight is 220 g/mol. The van der Waals surface area contributed by atoms with Crippen LogP contribution in [0.5, 0.6) is 0 Å². The van der Waals surface area contributed by atoms with Gasteiger partial charge in [0, 0.05) is 0 Å². The molecule has 0 spiro atoms. The number of ether oxygens (including phenoxy) is 2. The molecule has 15 heavy (non-hydrogen) atoms. The number of Topliss-reactive ketones (excluding diaryl/α,β-unsaturated/α-hetero) is 1. The summed E-state index contributed by atoms with van der Waals surface area (Å²) in [5.41, 5.74) is 0. The summed E-state index contributed by atoms with van der Waals surface area (Å²) >= 11 is 0. The molecule has 2 N–H and O–H groups in total. The van der Waals surface area contributed by atoms with E-state index in [1.807, 2.05) is 0 Å². The second-order valence-electron chi connectivity index (χ2n) is 2.64. The predicted molar refractivity (Wildman–Crippen MR) is 46.1 cm³/mol. The molecule has 0 fully saturated rings. The Morgan fingerprint density at radius 1 is 1.27 bits per heavy atom. The molecule has 0 radical (unpaired) electrons. The highest BCUT2D eigenvalue weighted by Gasteiger charge is 2.17. The van der Waals surface area contributed by atoms with E-state index in [-0.39, 0.29) is 0 Å². The number of aliphatic carboxylic acids is 1. The maximum atomic E-state index is 11.1. The second kappa shape index (κ2) is 6.91. The average Bonchev–Trinajstić information content (AvgIpc) is 2.16. The van der Waals surface area contributed by atoms with Crippen LogP contribution >= 0.6 is 0 Å². The van der Waals surface area contributed by atoms with E-state index < -0.39 is 43.6 Å². The van der Waals surface area contributed by atoms with E-state index in [0.29, 0.717) is 0 Å². The highest BCUT2D eigenvalue weighted by molar-refractivity contribution is 5.86. The third-order valence-electron chi connectivity index (χ3n) is 1.36. The van der Waals surface area contributed by atoms with Crippen molar-refractivity contribution in [2.24, 2.45) is 0 Å². The predicted octanol–water partition coefficient (Wildman–Crippen LogP) is -1.42. The fraction of sp³-hybridized carbons (Fsp3) is 0.625. The van der Waals surface area contributed by atoms with Crippen LogP contribution in [0.1, 0.15) is 6.92 Å². The molecule has 0 amide bonds.